The van der Waals surface area contributed by atoms with Crippen LogP contribution in [-0.2, 0) is 14.3 Å². The third kappa shape index (κ3) is 2.54. The van der Waals surface area contributed by atoms with Crippen molar-refractivity contribution in [1.29, 1.82) is 0 Å². The molecule has 6 heteroatoms. The molecule has 108 valence electrons. The molecule has 1 aliphatic heterocycles. The maximum Gasteiger partial charge on any atom is 0.453 e. The predicted octanol–water partition coefficient (Wildman–Crippen LogP) is 1.83. The first-order valence-corrected chi connectivity index (χ1v) is 6.12. The number of carbonyl (C=O) groups is 2. The number of carboxylic acids is 1. The molecule has 0 aliphatic carbocycles. The summed E-state index contributed by atoms with van der Waals surface area (Å²) in [6.45, 7) is 5.64. The van der Waals surface area contributed by atoms with E-state index < -0.39 is 17.7 Å². The molecule has 1 aliphatic rings. The van der Waals surface area contributed by atoms with Gasteiger partial charge in [0.05, 0.1) is 6.61 Å². The van der Waals surface area contributed by atoms with Crippen LogP contribution in [0.5, 0.6) is 11.5 Å². The Morgan fingerprint density at radius 1 is 1.20 bits per heavy atom. The summed E-state index contributed by atoms with van der Waals surface area (Å²) in [6.07, 6.45) is 0. The maximum absolute atomic E-state index is 12.1. The number of carboxylic acid groups (broad SMARTS) is 1. The average molecular weight is 280 g/mol. The summed E-state index contributed by atoms with van der Waals surface area (Å²) in [5.41, 5.74) is -0.291. The van der Waals surface area contributed by atoms with Crippen molar-refractivity contribution in [2.24, 2.45) is 5.41 Å². The molecule has 0 amide bonds. The van der Waals surface area contributed by atoms with Crippen LogP contribution in [0.3, 0.4) is 0 Å². The van der Waals surface area contributed by atoms with Crippen molar-refractivity contribution in [3.05, 3.63) is 24.3 Å². The summed E-state index contributed by atoms with van der Waals surface area (Å²) in [5.74, 6) is -4.69. The van der Waals surface area contributed by atoms with E-state index in [9.17, 15) is 14.7 Å². The predicted molar refractivity (Wildman–Crippen MR) is 68.5 cm³/mol. The summed E-state index contributed by atoms with van der Waals surface area (Å²) in [6, 6.07) is 6.36. The van der Waals surface area contributed by atoms with E-state index >= 15 is 0 Å². The lowest BCUT2D eigenvalue weighted by Crippen LogP contribution is -2.55. The van der Waals surface area contributed by atoms with E-state index in [4.69, 9.17) is 14.2 Å². The highest BCUT2D eigenvalue weighted by molar-refractivity contribution is 6.02. The highest BCUT2D eigenvalue weighted by Gasteiger charge is 2.58. The number of hydrogen-bond acceptors (Lipinski definition) is 5. The van der Waals surface area contributed by atoms with Crippen molar-refractivity contribution >= 4 is 11.9 Å². The summed E-state index contributed by atoms with van der Waals surface area (Å²) in [5, 5.41) is 9.28. The highest BCUT2D eigenvalue weighted by Crippen LogP contribution is 2.39. The third-order valence-electron chi connectivity index (χ3n) is 2.54. The Hall–Kier alpha value is -2.24. The molecular weight excluding hydrogens is 264 g/mol. The number of fused-ring (bicyclic) bond motifs is 1. The Kier molecular flexibility index (Phi) is 3.33. The van der Waals surface area contributed by atoms with Gasteiger partial charge in [-0.05, 0) is 17.5 Å². The van der Waals surface area contributed by atoms with Crippen LogP contribution in [0.25, 0.3) is 0 Å². The van der Waals surface area contributed by atoms with E-state index in [1.807, 2.05) is 20.8 Å². The number of para-hydroxylation sites is 2. The number of rotatable bonds is 3. The molecule has 0 saturated carbocycles. The number of carbonyl (C=O) groups excluding carboxylic acids is 1. The number of ether oxygens (including phenoxy) is 3. The molecule has 1 heterocycles. The molecule has 0 radical (unpaired) electrons. The molecule has 0 saturated heterocycles. The largest absolute Gasteiger partial charge is 0.475 e. The first kappa shape index (κ1) is 14.2. The lowest BCUT2D eigenvalue weighted by Gasteiger charge is -2.23. The van der Waals surface area contributed by atoms with Crippen LogP contribution >= 0.6 is 0 Å². The van der Waals surface area contributed by atoms with E-state index in [0.29, 0.717) is 0 Å². The Bertz CT molecular complexity index is 518. The van der Waals surface area contributed by atoms with Gasteiger partial charge in [-0.3, -0.25) is 0 Å². The SMILES string of the molecule is CC(C)(C)COC(=O)C1(C(=O)O)Oc2ccccc2O1. The molecule has 0 fully saturated rings. The minimum absolute atomic E-state index is 0.0595. The van der Waals surface area contributed by atoms with Crippen LogP contribution < -0.4 is 9.47 Å². The normalized spacial score (nSPS) is 15.8. The number of hydrogen-bond donors (Lipinski definition) is 1. The summed E-state index contributed by atoms with van der Waals surface area (Å²) < 4.78 is 15.4. The van der Waals surface area contributed by atoms with Gasteiger partial charge in [0.2, 0.25) is 0 Å². The molecule has 1 N–H and O–H groups in total. The number of benzene rings is 1. The minimum Gasteiger partial charge on any atom is -0.475 e. The highest BCUT2D eigenvalue weighted by atomic mass is 16.8. The van der Waals surface area contributed by atoms with Crippen LogP contribution in [0.2, 0.25) is 0 Å². The van der Waals surface area contributed by atoms with E-state index in [1.54, 1.807) is 12.1 Å². The van der Waals surface area contributed by atoms with Crippen LogP contribution in [0, 0.1) is 5.41 Å². The zero-order chi connectivity index (χ0) is 15.0. The Labute approximate surface area is 116 Å². The van der Waals surface area contributed by atoms with Crippen molar-refractivity contribution in [3.63, 3.8) is 0 Å². The molecule has 0 aromatic heterocycles. The summed E-state index contributed by atoms with van der Waals surface area (Å²) in [4.78, 5) is 23.5. The molecule has 1 aromatic rings. The van der Waals surface area contributed by atoms with Crippen molar-refractivity contribution in [1.82, 2.24) is 0 Å². The number of esters is 1. The average Bonchev–Trinajstić information content (AvgIpc) is 2.75. The molecular formula is C14H16O6. The Balaban J connectivity index is 2.22. The fourth-order valence-electron chi connectivity index (χ4n) is 1.58. The first-order chi connectivity index (χ1) is 9.24. The number of aliphatic carboxylic acids is 1. The van der Waals surface area contributed by atoms with Crippen molar-refractivity contribution in [3.8, 4) is 11.5 Å². The Morgan fingerprint density at radius 2 is 1.70 bits per heavy atom. The van der Waals surface area contributed by atoms with Crippen LogP contribution in [-0.4, -0.2) is 29.4 Å². The smallest absolute Gasteiger partial charge is 0.453 e. The van der Waals surface area contributed by atoms with Gasteiger partial charge in [-0.25, -0.2) is 9.59 Å². The van der Waals surface area contributed by atoms with E-state index in [0.717, 1.165) is 0 Å². The van der Waals surface area contributed by atoms with E-state index in [2.05, 4.69) is 0 Å². The van der Waals surface area contributed by atoms with Gasteiger partial charge in [-0.1, -0.05) is 32.9 Å². The van der Waals surface area contributed by atoms with Crippen molar-refractivity contribution < 1.29 is 28.9 Å². The van der Waals surface area contributed by atoms with Gasteiger partial charge in [0.25, 0.3) is 0 Å². The lowest BCUT2D eigenvalue weighted by molar-refractivity contribution is -0.200. The minimum atomic E-state index is -2.46. The van der Waals surface area contributed by atoms with E-state index in [1.165, 1.54) is 12.1 Å². The monoisotopic (exact) mass is 280 g/mol. The Morgan fingerprint density at radius 3 is 2.10 bits per heavy atom. The molecule has 0 atom stereocenters. The molecule has 2 rings (SSSR count). The lowest BCUT2D eigenvalue weighted by atomic mass is 9.99. The molecule has 20 heavy (non-hydrogen) atoms. The topological polar surface area (TPSA) is 82.1 Å². The van der Waals surface area contributed by atoms with Gasteiger partial charge in [0.15, 0.2) is 11.5 Å². The zero-order valence-electron chi connectivity index (χ0n) is 11.5. The second-order valence-electron chi connectivity index (χ2n) is 5.71. The molecule has 6 nitrogen and oxygen atoms in total. The van der Waals surface area contributed by atoms with Gasteiger partial charge in [0.1, 0.15) is 0 Å². The molecule has 1 aromatic carbocycles. The molecule has 0 bridgehead atoms. The summed E-state index contributed by atoms with van der Waals surface area (Å²) in [7, 11) is 0. The van der Waals surface area contributed by atoms with Gasteiger partial charge < -0.3 is 19.3 Å². The van der Waals surface area contributed by atoms with Crippen LogP contribution in [0.15, 0.2) is 24.3 Å². The quantitative estimate of drug-likeness (QED) is 0.672. The standard InChI is InChI=1S/C14H16O6/c1-13(2,3)8-18-12(17)14(11(15)16)19-9-6-4-5-7-10(9)20-14/h4-7H,8H2,1-3H3,(H,15,16). The zero-order valence-corrected chi connectivity index (χ0v) is 11.5. The third-order valence-corrected chi connectivity index (χ3v) is 2.54. The summed E-state index contributed by atoms with van der Waals surface area (Å²) >= 11 is 0. The second-order valence-corrected chi connectivity index (χ2v) is 5.71. The first-order valence-electron chi connectivity index (χ1n) is 6.12. The van der Waals surface area contributed by atoms with Gasteiger partial charge in [0, 0.05) is 0 Å². The van der Waals surface area contributed by atoms with Gasteiger partial charge >= 0.3 is 17.7 Å². The van der Waals surface area contributed by atoms with Crippen molar-refractivity contribution in [2.75, 3.05) is 6.61 Å². The molecule has 0 spiro atoms. The fraction of sp³-hybridized carbons (Fsp3) is 0.429. The van der Waals surface area contributed by atoms with Crippen molar-refractivity contribution in [2.45, 2.75) is 26.6 Å². The second kappa shape index (κ2) is 4.70. The van der Waals surface area contributed by atoms with Gasteiger partial charge in [-0.2, -0.15) is 0 Å². The molecule has 0 unspecified atom stereocenters. The van der Waals surface area contributed by atoms with E-state index in [-0.39, 0.29) is 23.5 Å². The fourth-order valence-corrected chi connectivity index (χ4v) is 1.58. The van der Waals surface area contributed by atoms with Gasteiger partial charge in [-0.15, -0.1) is 0 Å². The van der Waals surface area contributed by atoms with Crippen LogP contribution in [0.1, 0.15) is 20.8 Å². The van der Waals surface area contributed by atoms with Crippen LogP contribution in [0.4, 0.5) is 0 Å². The maximum atomic E-state index is 12.1.